The van der Waals surface area contributed by atoms with E-state index in [4.69, 9.17) is 21.4 Å². The maximum Gasteiger partial charge on any atom is 0.326 e. The number of urea groups is 1. The van der Waals surface area contributed by atoms with Crippen LogP contribution in [0.1, 0.15) is 6.42 Å². The number of ether oxygens (including phenoxy) is 1. The third-order valence-electron chi connectivity index (χ3n) is 2.41. The first-order valence-electron chi connectivity index (χ1n) is 5.69. The molecule has 0 aliphatic carbocycles. The zero-order valence-corrected chi connectivity index (χ0v) is 11.4. The third-order valence-corrected chi connectivity index (χ3v) is 2.71. The minimum absolute atomic E-state index is 0.0945. The summed E-state index contributed by atoms with van der Waals surface area (Å²) in [6, 6.07) is 2.14. The zero-order valence-electron chi connectivity index (χ0n) is 10.7. The van der Waals surface area contributed by atoms with E-state index in [1.807, 2.05) is 0 Å². The summed E-state index contributed by atoms with van der Waals surface area (Å²) in [5.74, 6) is -1.99. The van der Waals surface area contributed by atoms with Crippen molar-refractivity contribution in [3.05, 3.63) is 29.0 Å². The van der Waals surface area contributed by atoms with E-state index in [1.165, 1.54) is 25.3 Å². The third kappa shape index (κ3) is 4.67. The Bertz CT molecular complexity index is 498. The van der Waals surface area contributed by atoms with Gasteiger partial charge in [0, 0.05) is 20.1 Å². The highest BCUT2D eigenvalue weighted by Gasteiger charge is 2.20. The van der Waals surface area contributed by atoms with E-state index in [1.54, 1.807) is 0 Å². The molecule has 0 fully saturated rings. The minimum atomic E-state index is -1.20. The highest BCUT2D eigenvalue weighted by Crippen LogP contribution is 2.21. The maximum absolute atomic E-state index is 13.5. The lowest BCUT2D eigenvalue weighted by Crippen LogP contribution is -2.43. The van der Waals surface area contributed by atoms with Crippen LogP contribution in [0, 0.1) is 5.82 Å². The predicted molar refractivity (Wildman–Crippen MR) is 71.5 cm³/mol. The zero-order chi connectivity index (χ0) is 15.1. The molecule has 0 heterocycles. The van der Waals surface area contributed by atoms with Crippen molar-refractivity contribution in [3.63, 3.8) is 0 Å². The van der Waals surface area contributed by atoms with Gasteiger partial charge in [-0.25, -0.2) is 14.0 Å². The maximum atomic E-state index is 13.5. The summed E-state index contributed by atoms with van der Waals surface area (Å²) in [6.45, 7) is 0.169. The van der Waals surface area contributed by atoms with Crippen LogP contribution in [0.15, 0.2) is 18.2 Å². The molecule has 3 N–H and O–H groups in total. The number of amides is 2. The van der Waals surface area contributed by atoms with Crippen molar-refractivity contribution in [2.45, 2.75) is 12.5 Å². The normalized spacial score (nSPS) is 11.8. The van der Waals surface area contributed by atoms with Gasteiger partial charge in [0.05, 0.1) is 10.7 Å². The molecule has 2 amide bonds. The highest BCUT2D eigenvalue weighted by atomic mass is 35.5. The van der Waals surface area contributed by atoms with Gasteiger partial charge in [0.25, 0.3) is 0 Å². The standard InChI is InChI=1S/C12H14ClFN2O4/c1-20-6-5-9(11(17)18)16-12(19)15-8-4-2-3-7(13)10(8)14/h2-4,9H,5-6H2,1H3,(H,17,18)(H2,15,16,19). The molecule has 20 heavy (non-hydrogen) atoms. The number of rotatable bonds is 6. The molecule has 1 aromatic rings. The van der Waals surface area contributed by atoms with Crippen LogP contribution in [0.3, 0.4) is 0 Å². The Balaban J connectivity index is 2.66. The lowest BCUT2D eigenvalue weighted by Gasteiger charge is -2.15. The van der Waals surface area contributed by atoms with E-state index >= 15 is 0 Å². The summed E-state index contributed by atoms with van der Waals surface area (Å²) in [4.78, 5) is 22.5. The van der Waals surface area contributed by atoms with Gasteiger partial charge in [-0.15, -0.1) is 0 Å². The molecular weight excluding hydrogens is 291 g/mol. The van der Waals surface area contributed by atoms with Crippen molar-refractivity contribution in [3.8, 4) is 0 Å². The molecule has 0 spiro atoms. The first kappa shape index (κ1) is 16.2. The largest absolute Gasteiger partial charge is 0.480 e. The van der Waals surface area contributed by atoms with Gasteiger partial charge in [0.1, 0.15) is 6.04 Å². The second-order valence-corrected chi connectivity index (χ2v) is 4.28. The Kier molecular flexibility index (Phi) is 6.20. The van der Waals surface area contributed by atoms with Crippen molar-refractivity contribution in [1.82, 2.24) is 5.32 Å². The molecule has 0 saturated heterocycles. The fourth-order valence-corrected chi connectivity index (χ4v) is 1.58. The van der Waals surface area contributed by atoms with Gasteiger partial charge in [-0.2, -0.15) is 0 Å². The summed E-state index contributed by atoms with van der Waals surface area (Å²) in [7, 11) is 1.42. The van der Waals surface area contributed by atoms with Crippen molar-refractivity contribution in [1.29, 1.82) is 0 Å². The fraction of sp³-hybridized carbons (Fsp3) is 0.333. The fourth-order valence-electron chi connectivity index (χ4n) is 1.41. The molecule has 1 unspecified atom stereocenters. The number of carbonyl (C=O) groups excluding carboxylic acids is 1. The number of aliphatic carboxylic acids is 1. The number of anilines is 1. The SMILES string of the molecule is COCCC(NC(=O)Nc1cccc(Cl)c1F)C(=O)O. The topological polar surface area (TPSA) is 87.7 Å². The van der Waals surface area contributed by atoms with Gasteiger partial charge < -0.3 is 20.5 Å². The lowest BCUT2D eigenvalue weighted by atomic mass is 10.2. The lowest BCUT2D eigenvalue weighted by molar-refractivity contribution is -0.139. The number of halogens is 2. The van der Waals surface area contributed by atoms with Crippen LogP contribution >= 0.6 is 11.6 Å². The first-order valence-corrected chi connectivity index (χ1v) is 6.06. The molecule has 1 rings (SSSR count). The van der Waals surface area contributed by atoms with Crippen LogP contribution in [0.2, 0.25) is 5.02 Å². The Hall–Kier alpha value is -1.86. The number of carboxylic acid groups (broad SMARTS) is 1. The van der Waals surface area contributed by atoms with E-state index in [-0.39, 0.29) is 23.7 Å². The van der Waals surface area contributed by atoms with Crippen LogP contribution in [0.4, 0.5) is 14.9 Å². The Morgan fingerprint density at radius 1 is 1.50 bits per heavy atom. The summed E-state index contributed by atoms with van der Waals surface area (Å²) in [6.07, 6.45) is 0.0945. The van der Waals surface area contributed by atoms with Crippen molar-refractivity contribution >= 4 is 29.3 Å². The number of hydrogen-bond donors (Lipinski definition) is 3. The average Bonchev–Trinajstić information content (AvgIpc) is 2.39. The number of hydrogen-bond acceptors (Lipinski definition) is 3. The summed E-state index contributed by atoms with van der Waals surface area (Å²) >= 11 is 5.56. The first-order chi connectivity index (χ1) is 9.45. The van der Waals surface area contributed by atoms with Crippen molar-refractivity contribution < 1.29 is 23.8 Å². The predicted octanol–water partition coefficient (Wildman–Crippen LogP) is 2.09. The number of nitrogens with one attached hydrogen (secondary N) is 2. The molecule has 0 aliphatic rings. The monoisotopic (exact) mass is 304 g/mol. The summed E-state index contributed by atoms with van der Waals surface area (Å²) in [5, 5.41) is 13.2. The van der Waals surface area contributed by atoms with Crippen LogP contribution in [0.25, 0.3) is 0 Å². The number of benzene rings is 1. The molecule has 6 nitrogen and oxygen atoms in total. The Morgan fingerprint density at radius 2 is 2.20 bits per heavy atom. The van der Waals surface area contributed by atoms with E-state index in [9.17, 15) is 14.0 Å². The molecule has 0 saturated carbocycles. The Labute approximate surface area is 119 Å². The number of carboxylic acids is 1. The molecule has 0 radical (unpaired) electrons. The molecule has 0 bridgehead atoms. The van der Waals surface area contributed by atoms with E-state index in [0.717, 1.165) is 0 Å². The summed E-state index contributed by atoms with van der Waals surface area (Å²) < 4.78 is 18.3. The number of methoxy groups -OCH3 is 1. The Morgan fingerprint density at radius 3 is 2.80 bits per heavy atom. The van der Waals surface area contributed by atoms with Gasteiger partial charge in [0.2, 0.25) is 0 Å². The van der Waals surface area contributed by atoms with Gasteiger partial charge >= 0.3 is 12.0 Å². The van der Waals surface area contributed by atoms with Crippen LogP contribution < -0.4 is 10.6 Å². The van der Waals surface area contributed by atoms with Gasteiger partial charge in [0.15, 0.2) is 5.82 Å². The minimum Gasteiger partial charge on any atom is -0.480 e. The van der Waals surface area contributed by atoms with Crippen molar-refractivity contribution in [2.24, 2.45) is 0 Å². The molecule has 0 aliphatic heterocycles. The average molecular weight is 305 g/mol. The molecular formula is C12H14ClFN2O4. The van der Waals surface area contributed by atoms with Crippen LogP contribution in [0.5, 0.6) is 0 Å². The molecule has 1 aromatic carbocycles. The molecule has 0 aromatic heterocycles. The second kappa shape index (κ2) is 7.66. The van der Waals surface area contributed by atoms with Gasteiger partial charge in [-0.1, -0.05) is 17.7 Å². The molecule has 8 heteroatoms. The number of carbonyl (C=O) groups is 2. The van der Waals surface area contributed by atoms with Crippen LogP contribution in [-0.4, -0.2) is 36.9 Å². The van der Waals surface area contributed by atoms with Crippen LogP contribution in [-0.2, 0) is 9.53 Å². The van der Waals surface area contributed by atoms with E-state index in [0.29, 0.717) is 0 Å². The molecule has 1 atom stereocenters. The highest BCUT2D eigenvalue weighted by molar-refractivity contribution is 6.31. The van der Waals surface area contributed by atoms with Crippen molar-refractivity contribution in [2.75, 3.05) is 19.0 Å². The van der Waals surface area contributed by atoms with Gasteiger partial charge in [-0.3, -0.25) is 0 Å². The van der Waals surface area contributed by atoms with Gasteiger partial charge in [-0.05, 0) is 12.1 Å². The summed E-state index contributed by atoms with van der Waals surface area (Å²) in [5.41, 5.74) is -0.133. The van der Waals surface area contributed by atoms with E-state index < -0.39 is 23.9 Å². The smallest absolute Gasteiger partial charge is 0.326 e. The van der Waals surface area contributed by atoms with E-state index in [2.05, 4.69) is 10.6 Å². The molecule has 110 valence electrons. The second-order valence-electron chi connectivity index (χ2n) is 3.87. The quantitative estimate of drug-likeness (QED) is 0.751.